The van der Waals surface area contributed by atoms with Crippen LogP contribution in [0.3, 0.4) is 0 Å². The molecule has 2 atom stereocenters. The molecule has 38 heavy (non-hydrogen) atoms. The number of carbonyl (C=O) groups excluding carboxylic acids is 1. The Morgan fingerprint density at radius 3 is 1.21 bits per heavy atom. The molecule has 0 aromatic heterocycles. The minimum absolute atomic E-state index is 0.0611. The van der Waals surface area contributed by atoms with Crippen LogP contribution in [-0.2, 0) is 19.6 Å². The summed E-state index contributed by atoms with van der Waals surface area (Å²) in [4.78, 5) is 12.4. The molecule has 1 unspecified atom stereocenters. The Morgan fingerprint density at radius 1 is 0.658 bits per heavy atom. The van der Waals surface area contributed by atoms with Crippen molar-refractivity contribution < 1.29 is 22.5 Å². The molecular weight excluding hydrogens is 498 g/mol. The lowest BCUT2D eigenvalue weighted by Gasteiger charge is -2.22. The first-order chi connectivity index (χ1) is 18.1. The molecule has 0 aromatic carbocycles. The number of unbranched alkanes of at least 4 members (excludes halogenated alkanes) is 17. The lowest BCUT2D eigenvalue weighted by Crippen LogP contribution is -2.39. The van der Waals surface area contributed by atoms with E-state index in [1.54, 1.807) is 0 Å². The SMILES string of the molecule is CCCCCCCCCCCCCC(CCCCCCCCCC)OC(=O)[C@@H](N)C(C)C.CCS(=O)(=O)O. The zero-order valence-electron chi connectivity index (χ0n) is 25.9. The predicted molar refractivity (Wildman–Crippen MR) is 163 cm³/mol. The van der Waals surface area contributed by atoms with E-state index in [9.17, 15) is 13.2 Å². The predicted octanol–water partition coefficient (Wildman–Crippen LogP) is 9.01. The summed E-state index contributed by atoms with van der Waals surface area (Å²) < 4.78 is 32.8. The number of ether oxygens (including phenoxy) is 1. The average molecular weight is 564 g/mol. The molecule has 0 rings (SSSR count). The third-order valence-electron chi connectivity index (χ3n) is 7.15. The maximum absolute atomic E-state index is 12.4. The smallest absolute Gasteiger partial charge is 0.323 e. The molecule has 0 aliphatic carbocycles. The fraction of sp³-hybridized carbons (Fsp3) is 0.968. The largest absolute Gasteiger partial charge is 0.461 e. The van der Waals surface area contributed by atoms with E-state index in [1.165, 1.54) is 129 Å². The van der Waals surface area contributed by atoms with Crippen molar-refractivity contribution in [3.8, 4) is 0 Å². The first-order valence-corrected chi connectivity index (χ1v) is 17.6. The van der Waals surface area contributed by atoms with Gasteiger partial charge in [0.2, 0.25) is 0 Å². The third-order valence-corrected chi connectivity index (χ3v) is 7.88. The molecule has 0 heterocycles. The van der Waals surface area contributed by atoms with Gasteiger partial charge < -0.3 is 10.5 Å². The second-order valence-corrected chi connectivity index (χ2v) is 13.0. The highest BCUT2D eigenvalue weighted by Crippen LogP contribution is 2.19. The van der Waals surface area contributed by atoms with E-state index in [0.29, 0.717) is 0 Å². The van der Waals surface area contributed by atoms with Crippen molar-refractivity contribution in [1.82, 2.24) is 0 Å². The highest BCUT2D eigenvalue weighted by Gasteiger charge is 2.22. The molecule has 0 aliphatic heterocycles. The van der Waals surface area contributed by atoms with Gasteiger partial charge in [-0.2, -0.15) is 8.42 Å². The number of nitrogens with two attached hydrogens (primary N) is 1. The minimum Gasteiger partial charge on any atom is -0.461 e. The van der Waals surface area contributed by atoms with Gasteiger partial charge in [0.25, 0.3) is 10.1 Å². The molecule has 0 spiro atoms. The molecule has 0 aromatic rings. The van der Waals surface area contributed by atoms with Crippen molar-refractivity contribution >= 4 is 16.1 Å². The van der Waals surface area contributed by atoms with Crippen LogP contribution in [-0.4, -0.2) is 36.8 Å². The van der Waals surface area contributed by atoms with Crippen LogP contribution in [0.5, 0.6) is 0 Å². The van der Waals surface area contributed by atoms with Crippen LogP contribution < -0.4 is 5.73 Å². The molecule has 0 amide bonds. The summed E-state index contributed by atoms with van der Waals surface area (Å²) in [5.74, 6) is -0.270. The van der Waals surface area contributed by atoms with Crippen LogP contribution in [0.1, 0.15) is 169 Å². The Hall–Kier alpha value is -0.660. The van der Waals surface area contributed by atoms with Gasteiger partial charge in [0.05, 0.1) is 5.75 Å². The Bertz CT molecular complexity index is 609. The van der Waals surface area contributed by atoms with E-state index in [1.807, 2.05) is 13.8 Å². The van der Waals surface area contributed by atoms with E-state index in [4.69, 9.17) is 15.0 Å². The highest BCUT2D eigenvalue weighted by molar-refractivity contribution is 7.85. The summed E-state index contributed by atoms with van der Waals surface area (Å²) in [6.07, 6.45) is 27.4. The molecular formula is C31H65NO5S. The first kappa shape index (κ1) is 39.5. The maximum atomic E-state index is 12.4. The fourth-order valence-corrected chi connectivity index (χ4v) is 4.32. The summed E-state index contributed by atoms with van der Waals surface area (Å²) in [5, 5.41) is 0. The Morgan fingerprint density at radius 2 is 0.947 bits per heavy atom. The summed E-state index contributed by atoms with van der Waals surface area (Å²) in [7, 11) is -3.66. The zero-order valence-corrected chi connectivity index (χ0v) is 26.7. The number of carbonyl (C=O) groups is 1. The van der Waals surface area contributed by atoms with Crippen molar-refractivity contribution in [2.45, 2.75) is 182 Å². The minimum atomic E-state index is -3.66. The van der Waals surface area contributed by atoms with Gasteiger partial charge in [-0.25, -0.2) is 0 Å². The van der Waals surface area contributed by atoms with Crippen molar-refractivity contribution in [2.24, 2.45) is 11.7 Å². The van der Waals surface area contributed by atoms with Crippen molar-refractivity contribution in [2.75, 3.05) is 5.75 Å². The Kier molecular flexibility index (Phi) is 29.0. The van der Waals surface area contributed by atoms with Gasteiger partial charge >= 0.3 is 5.97 Å². The zero-order chi connectivity index (χ0) is 29.1. The van der Waals surface area contributed by atoms with E-state index in [2.05, 4.69) is 13.8 Å². The lowest BCUT2D eigenvalue weighted by atomic mass is 10.0. The summed E-state index contributed by atoms with van der Waals surface area (Å²) in [6.45, 7) is 9.89. The maximum Gasteiger partial charge on any atom is 0.323 e. The molecule has 3 N–H and O–H groups in total. The first-order valence-electron chi connectivity index (χ1n) is 16.0. The average Bonchev–Trinajstić information content (AvgIpc) is 2.87. The molecule has 7 heteroatoms. The number of rotatable bonds is 25. The van der Waals surface area contributed by atoms with E-state index in [-0.39, 0.29) is 23.7 Å². The lowest BCUT2D eigenvalue weighted by molar-refractivity contribution is -0.152. The summed E-state index contributed by atoms with van der Waals surface area (Å²) >= 11 is 0. The van der Waals surface area contributed by atoms with Gasteiger partial charge in [0, 0.05) is 0 Å². The fourth-order valence-electron chi connectivity index (χ4n) is 4.32. The van der Waals surface area contributed by atoms with Gasteiger partial charge in [-0.05, 0) is 38.5 Å². The molecule has 0 saturated heterocycles. The van der Waals surface area contributed by atoms with Gasteiger partial charge in [0.1, 0.15) is 12.1 Å². The van der Waals surface area contributed by atoms with Gasteiger partial charge in [-0.3, -0.25) is 9.35 Å². The van der Waals surface area contributed by atoms with Crippen LogP contribution in [0, 0.1) is 5.92 Å². The van der Waals surface area contributed by atoms with Crippen LogP contribution in [0.2, 0.25) is 0 Å². The summed E-state index contributed by atoms with van der Waals surface area (Å²) in [6, 6.07) is -0.492. The highest BCUT2D eigenvalue weighted by atomic mass is 32.2. The standard InChI is InChI=1S/C29H59NO2.C2H6O3S/c1-5-7-9-11-13-15-16-17-19-21-23-25-27(32-29(31)28(30)26(3)4)24-22-20-18-14-12-10-8-6-2;1-2-6(3,4)5/h26-28H,5-25,30H2,1-4H3;2H2,1H3,(H,3,4,5)/t27?,28-;/m0./s1. The number of hydrogen-bond acceptors (Lipinski definition) is 5. The molecule has 0 saturated carbocycles. The second kappa shape index (κ2) is 27.9. The van der Waals surface area contributed by atoms with Crippen molar-refractivity contribution in [1.29, 1.82) is 0 Å². The van der Waals surface area contributed by atoms with Crippen LogP contribution in [0.15, 0.2) is 0 Å². The van der Waals surface area contributed by atoms with Gasteiger partial charge in [-0.1, -0.05) is 137 Å². The quantitative estimate of drug-likeness (QED) is 0.0652. The van der Waals surface area contributed by atoms with Crippen LogP contribution >= 0.6 is 0 Å². The van der Waals surface area contributed by atoms with E-state index in [0.717, 1.165) is 12.8 Å². The molecule has 0 fully saturated rings. The number of esters is 1. The second-order valence-electron chi connectivity index (χ2n) is 11.3. The van der Waals surface area contributed by atoms with Crippen LogP contribution in [0.4, 0.5) is 0 Å². The molecule has 230 valence electrons. The molecule has 0 radical (unpaired) electrons. The molecule has 6 nitrogen and oxygen atoms in total. The normalized spacial score (nSPS) is 13.2. The van der Waals surface area contributed by atoms with Crippen molar-refractivity contribution in [3.63, 3.8) is 0 Å². The van der Waals surface area contributed by atoms with Crippen LogP contribution in [0.25, 0.3) is 0 Å². The van der Waals surface area contributed by atoms with Gasteiger partial charge in [0.15, 0.2) is 0 Å². The van der Waals surface area contributed by atoms with E-state index >= 15 is 0 Å². The molecule has 0 aliphatic rings. The Balaban J connectivity index is 0. The topological polar surface area (TPSA) is 107 Å². The summed E-state index contributed by atoms with van der Waals surface area (Å²) in [5.41, 5.74) is 6.03. The Labute approximate surface area is 237 Å². The van der Waals surface area contributed by atoms with E-state index < -0.39 is 16.2 Å². The third kappa shape index (κ3) is 29.9. The number of hydrogen-bond donors (Lipinski definition) is 2. The van der Waals surface area contributed by atoms with Crippen molar-refractivity contribution in [3.05, 3.63) is 0 Å². The molecule has 0 bridgehead atoms. The van der Waals surface area contributed by atoms with Gasteiger partial charge in [-0.15, -0.1) is 0 Å². The monoisotopic (exact) mass is 563 g/mol.